The van der Waals surface area contributed by atoms with Crippen LogP contribution in [0.3, 0.4) is 0 Å². The van der Waals surface area contributed by atoms with Gasteiger partial charge in [-0.1, -0.05) is 24.3 Å². The minimum Gasteiger partial charge on any atom is -0.308 e. The number of carbonyl (C=O) groups excluding carboxylic acids is 2. The zero-order valence-electron chi connectivity index (χ0n) is 15.0. The normalized spacial score (nSPS) is 13.2. The number of ketones is 1. The number of amides is 1. The van der Waals surface area contributed by atoms with Crippen LogP contribution in [0.2, 0.25) is 0 Å². The highest BCUT2D eigenvalue weighted by Gasteiger charge is 2.28. The summed E-state index contributed by atoms with van der Waals surface area (Å²) in [6.45, 7) is 5.37. The molecule has 0 atom stereocenters. The van der Waals surface area contributed by atoms with E-state index in [0.29, 0.717) is 18.1 Å². The second kappa shape index (κ2) is 6.41. The number of benzene rings is 2. The van der Waals surface area contributed by atoms with E-state index in [4.69, 9.17) is 0 Å². The van der Waals surface area contributed by atoms with Gasteiger partial charge >= 0.3 is 0 Å². The van der Waals surface area contributed by atoms with E-state index >= 15 is 0 Å². The van der Waals surface area contributed by atoms with E-state index in [1.807, 2.05) is 56.3 Å². The second-order valence-electron chi connectivity index (χ2n) is 6.82. The standard InChI is InChI=1S/C21H21N3O2/c1-14-7-8-16(13-15(14)2)19(25)9-10-20(26)24-12-11-23-18-6-4-3-5-17(18)22-21(23)24/h3-8,13H,9-12H2,1-2H3. The van der Waals surface area contributed by atoms with Gasteiger partial charge in [-0.05, 0) is 43.2 Å². The first-order chi connectivity index (χ1) is 12.5. The molecule has 1 amide bonds. The van der Waals surface area contributed by atoms with Crippen molar-refractivity contribution in [2.24, 2.45) is 0 Å². The Bertz CT molecular complexity index is 1020. The van der Waals surface area contributed by atoms with Crippen LogP contribution in [-0.4, -0.2) is 27.8 Å². The van der Waals surface area contributed by atoms with Crippen LogP contribution in [0.4, 0.5) is 5.95 Å². The van der Waals surface area contributed by atoms with Crippen molar-refractivity contribution in [2.75, 3.05) is 11.4 Å². The fraction of sp³-hybridized carbons (Fsp3) is 0.286. The molecule has 0 radical (unpaired) electrons. The molecule has 3 aromatic rings. The molecule has 0 saturated heterocycles. The third-order valence-electron chi connectivity index (χ3n) is 5.12. The molecule has 0 aliphatic carbocycles. The SMILES string of the molecule is Cc1ccc(C(=O)CCC(=O)N2CCn3c2nc2ccccc23)cc1C. The van der Waals surface area contributed by atoms with Crippen molar-refractivity contribution in [2.45, 2.75) is 33.2 Å². The molecule has 5 heteroatoms. The molecule has 2 aromatic carbocycles. The molecule has 5 nitrogen and oxygen atoms in total. The predicted molar refractivity (Wildman–Crippen MR) is 102 cm³/mol. The smallest absolute Gasteiger partial charge is 0.229 e. The third kappa shape index (κ3) is 2.79. The number of anilines is 1. The maximum Gasteiger partial charge on any atom is 0.229 e. The Hall–Kier alpha value is -2.95. The summed E-state index contributed by atoms with van der Waals surface area (Å²) in [5.74, 6) is 0.653. The van der Waals surface area contributed by atoms with Gasteiger partial charge in [-0.3, -0.25) is 14.5 Å². The average Bonchev–Trinajstić information content (AvgIpc) is 3.20. The minimum atomic E-state index is -0.0451. The molecule has 132 valence electrons. The number of fused-ring (bicyclic) bond motifs is 3. The van der Waals surface area contributed by atoms with Crippen molar-refractivity contribution in [3.05, 3.63) is 59.2 Å². The molecule has 1 aliphatic rings. The fourth-order valence-electron chi connectivity index (χ4n) is 3.44. The van der Waals surface area contributed by atoms with Crippen LogP contribution in [0.5, 0.6) is 0 Å². The Kier molecular flexibility index (Phi) is 4.07. The lowest BCUT2D eigenvalue weighted by atomic mass is 10.0. The zero-order valence-corrected chi connectivity index (χ0v) is 15.0. The quantitative estimate of drug-likeness (QED) is 0.677. The topological polar surface area (TPSA) is 55.2 Å². The van der Waals surface area contributed by atoms with Crippen molar-refractivity contribution in [3.8, 4) is 0 Å². The summed E-state index contributed by atoms with van der Waals surface area (Å²) in [5, 5.41) is 0. The third-order valence-corrected chi connectivity index (χ3v) is 5.12. The van der Waals surface area contributed by atoms with Gasteiger partial charge < -0.3 is 4.57 Å². The van der Waals surface area contributed by atoms with Crippen LogP contribution < -0.4 is 4.90 Å². The number of Topliss-reactive ketones (excluding diaryl/α,β-unsaturated/α-hetero) is 1. The molecule has 0 saturated carbocycles. The van der Waals surface area contributed by atoms with Gasteiger partial charge in [0.05, 0.1) is 11.0 Å². The van der Waals surface area contributed by atoms with Crippen LogP contribution in [0, 0.1) is 13.8 Å². The summed E-state index contributed by atoms with van der Waals surface area (Å²) >= 11 is 0. The largest absolute Gasteiger partial charge is 0.308 e. The number of para-hydroxylation sites is 2. The number of nitrogens with zero attached hydrogens (tertiary/aromatic N) is 3. The van der Waals surface area contributed by atoms with Gasteiger partial charge in [0, 0.05) is 31.5 Å². The first kappa shape index (κ1) is 16.5. The lowest BCUT2D eigenvalue weighted by Gasteiger charge is -2.13. The number of imidazole rings is 1. The molecule has 0 fully saturated rings. The Morgan fingerprint density at radius 1 is 1.00 bits per heavy atom. The van der Waals surface area contributed by atoms with E-state index in [-0.39, 0.29) is 24.5 Å². The summed E-state index contributed by atoms with van der Waals surface area (Å²) in [6.07, 6.45) is 0.424. The lowest BCUT2D eigenvalue weighted by Crippen LogP contribution is -2.29. The van der Waals surface area contributed by atoms with Crippen molar-refractivity contribution < 1.29 is 9.59 Å². The highest BCUT2D eigenvalue weighted by molar-refractivity contribution is 6.01. The van der Waals surface area contributed by atoms with E-state index in [9.17, 15) is 9.59 Å². The van der Waals surface area contributed by atoms with Gasteiger partial charge in [-0.2, -0.15) is 0 Å². The number of rotatable bonds is 4. The molecule has 0 bridgehead atoms. The van der Waals surface area contributed by atoms with E-state index in [1.54, 1.807) is 4.90 Å². The van der Waals surface area contributed by atoms with Crippen LogP contribution >= 0.6 is 0 Å². The summed E-state index contributed by atoms with van der Waals surface area (Å²) in [5.41, 5.74) is 4.87. The van der Waals surface area contributed by atoms with Gasteiger partial charge in [0.2, 0.25) is 11.9 Å². The monoisotopic (exact) mass is 347 g/mol. The van der Waals surface area contributed by atoms with Crippen molar-refractivity contribution >= 4 is 28.7 Å². The van der Waals surface area contributed by atoms with Crippen LogP contribution in [0.25, 0.3) is 11.0 Å². The van der Waals surface area contributed by atoms with Gasteiger partial charge in [0.25, 0.3) is 0 Å². The molecule has 0 N–H and O–H groups in total. The van der Waals surface area contributed by atoms with Gasteiger partial charge in [0.15, 0.2) is 5.78 Å². The van der Waals surface area contributed by atoms with E-state index in [1.165, 1.54) is 0 Å². The Morgan fingerprint density at radius 2 is 1.81 bits per heavy atom. The summed E-state index contributed by atoms with van der Waals surface area (Å²) in [4.78, 5) is 31.4. The number of hydrogen-bond donors (Lipinski definition) is 0. The lowest BCUT2D eigenvalue weighted by molar-refractivity contribution is -0.118. The number of aromatic nitrogens is 2. The zero-order chi connectivity index (χ0) is 18.3. The summed E-state index contributed by atoms with van der Waals surface area (Å²) in [7, 11) is 0. The molecule has 0 unspecified atom stereocenters. The van der Waals surface area contributed by atoms with E-state index in [2.05, 4.69) is 9.55 Å². The molecule has 4 rings (SSSR count). The molecule has 26 heavy (non-hydrogen) atoms. The van der Waals surface area contributed by atoms with Crippen molar-refractivity contribution in [3.63, 3.8) is 0 Å². The van der Waals surface area contributed by atoms with Crippen molar-refractivity contribution in [1.29, 1.82) is 0 Å². The molecule has 0 spiro atoms. The molecular weight excluding hydrogens is 326 g/mol. The minimum absolute atomic E-state index is 0.00847. The number of carbonyl (C=O) groups is 2. The van der Waals surface area contributed by atoms with Gasteiger partial charge in [0.1, 0.15) is 0 Å². The first-order valence-electron chi connectivity index (χ1n) is 8.90. The van der Waals surface area contributed by atoms with Crippen molar-refractivity contribution in [1.82, 2.24) is 9.55 Å². The average molecular weight is 347 g/mol. The predicted octanol–water partition coefficient (Wildman–Crippen LogP) is 3.66. The van der Waals surface area contributed by atoms with E-state index in [0.717, 1.165) is 28.7 Å². The van der Waals surface area contributed by atoms with Crippen LogP contribution in [0.1, 0.15) is 34.3 Å². The van der Waals surface area contributed by atoms with Crippen LogP contribution in [-0.2, 0) is 11.3 Å². The molecular formula is C21H21N3O2. The summed E-state index contributed by atoms with van der Waals surface area (Å²) in [6, 6.07) is 13.6. The highest BCUT2D eigenvalue weighted by atomic mass is 16.2. The fourth-order valence-corrected chi connectivity index (χ4v) is 3.44. The van der Waals surface area contributed by atoms with Crippen LogP contribution in [0.15, 0.2) is 42.5 Å². The number of aryl methyl sites for hydroxylation is 2. The van der Waals surface area contributed by atoms with Gasteiger partial charge in [-0.25, -0.2) is 4.98 Å². The first-order valence-corrected chi connectivity index (χ1v) is 8.90. The maximum absolute atomic E-state index is 12.7. The van der Waals surface area contributed by atoms with E-state index < -0.39 is 0 Å². The second-order valence-corrected chi connectivity index (χ2v) is 6.82. The Balaban J connectivity index is 1.46. The molecule has 2 heterocycles. The highest BCUT2D eigenvalue weighted by Crippen LogP contribution is 2.27. The van der Waals surface area contributed by atoms with Gasteiger partial charge in [-0.15, -0.1) is 0 Å². The molecule has 1 aromatic heterocycles. The Labute approximate surface area is 152 Å². The molecule has 1 aliphatic heterocycles. The Morgan fingerprint density at radius 3 is 2.62 bits per heavy atom. The summed E-state index contributed by atoms with van der Waals surface area (Å²) < 4.78 is 2.07. The number of hydrogen-bond acceptors (Lipinski definition) is 3. The maximum atomic E-state index is 12.7.